The summed E-state index contributed by atoms with van der Waals surface area (Å²) < 4.78 is 0. The van der Waals surface area contributed by atoms with Gasteiger partial charge in [-0.05, 0) is 49.0 Å². The minimum absolute atomic E-state index is 0.434. The van der Waals surface area contributed by atoms with E-state index in [9.17, 15) is 0 Å². The predicted molar refractivity (Wildman–Crippen MR) is 80.4 cm³/mol. The average Bonchev–Trinajstić information content (AvgIpc) is 2.26. The average molecular weight is 249 g/mol. The van der Waals surface area contributed by atoms with Crippen molar-refractivity contribution in [2.45, 2.75) is 66.3 Å². The normalized spacial score (nSPS) is 29.3. The molecule has 0 amide bonds. The van der Waals surface area contributed by atoms with E-state index in [-0.39, 0.29) is 0 Å². The first-order valence-electron chi connectivity index (χ1n) is 7.51. The number of rotatable bonds is 4. The van der Waals surface area contributed by atoms with E-state index in [2.05, 4.69) is 45.9 Å². The summed E-state index contributed by atoms with van der Waals surface area (Å²) in [4.78, 5) is 0. The smallest absolute Gasteiger partial charge is 0.0118 e. The van der Waals surface area contributed by atoms with E-state index in [1.807, 2.05) is 0 Å². The summed E-state index contributed by atoms with van der Waals surface area (Å²) >= 11 is 0. The molecule has 0 radical (unpaired) electrons. The van der Waals surface area contributed by atoms with Crippen LogP contribution in [0.1, 0.15) is 60.3 Å². The van der Waals surface area contributed by atoms with Crippen molar-refractivity contribution in [2.24, 2.45) is 23.2 Å². The molecule has 18 heavy (non-hydrogen) atoms. The van der Waals surface area contributed by atoms with Crippen LogP contribution in [0.5, 0.6) is 0 Å². The van der Waals surface area contributed by atoms with Crippen molar-refractivity contribution in [2.75, 3.05) is 6.54 Å². The van der Waals surface area contributed by atoms with Gasteiger partial charge in [0.05, 0.1) is 0 Å². The quantitative estimate of drug-likeness (QED) is 0.740. The Labute approximate surface area is 114 Å². The molecule has 3 unspecified atom stereocenters. The Morgan fingerprint density at radius 2 is 1.89 bits per heavy atom. The van der Waals surface area contributed by atoms with Crippen LogP contribution in [0.15, 0.2) is 0 Å². The molecule has 1 aliphatic carbocycles. The lowest BCUT2D eigenvalue weighted by Crippen LogP contribution is -2.38. The summed E-state index contributed by atoms with van der Waals surface area (Å²) in [7, 11) is 0. The van der Waals surface area contributed by atoms with Crippen LogP contribution in [0.3, 0.4) is 0 Å². The third-order valence-electron chi connectivity index (χ3n) is 4.53. The minimum Gasteiger partial charge on any atom is -0.314 e. The van der Waals surface area contributed by atoms with Crippen molar-refractivity contribution < 1.29 is 0 Å². The van der Waals surface area contributed by atoms with Crippen molar-refractivity contribution >= 4 is 0 Å². The molecule has 1 aliphatic rings. The maximum atomic E-state index is 5.56. The predicted octanol–water partition coefficient (Wildman–Crippen LogP) is 4.09. The Balaban J connectivity index is 2.58. The third-order valence-corrected chi connectivity index (χ3v) is 4.53. The first-order chi connectivity index (χ1) is 8.34. The highest BCUT2D eigenvalue weighted by atomic mass is 14.9. The van der Waals surface area contributed by atoms with E-state index in [1.54, 1.807) is 0 Å². The molecule has 1 fully saturated rings. The van der Waals surface area contributed by atoms with Crippen LogP contribution in [0.4, 0.5) is 0 Å². The van der Waals surface area contributed by atoms with Crippen molar-refractivity contribution in [1.29, 1.82) is 0 Å². The van der Waals surface area contributed by atoms with Gasteiger partial charge in [-0.3, -0.25) is 0 Å². The molecule has 1 saturated carbocycles. The summed E-state index contributed by atoms with van der Waals surface area (Å²) in [6, 6.07) is 0.580. The zero-order chi connectivity index (χ0) is 13.8. The minimum atomic E-state index is 0.434. The van der Waals surface area contributed by atoms with Crippen molar-refractivity contribution in [1.82, 2.24) is 5.32 Å². The largest absolute Gasteiger partial charge is 0.314 e. The lowest BCUT2D eigenvalue weighted by atomic mass is 9.65. The fourth-order valence-electron chi connectivity index (χ4n) is 3.17. The molecule has 0 aromatic carbocycles. The van der Waals surface area contributed by atoms with Gasteiger partial charge in [0, 0.05) is 12.5 Å². The van der Waals surface area contributed by atoms with Gasteiger partial charge >= 0.3 is 0 Å². The highest BCUT2D eigenvalue weighted by Gasteiger charge is 2.35. The van der Waals surface area contributed by atoms with Gasteiger partial charge in [-0.15, -0.1) is 12.3 Å². The summed E-state index contributed by atoms with van der Waals surface area (Å²) in [6.45, 7) is 12.7. The molecule has 0 heterocycles. The van der Waals surface area contributed by atoms with E-state index in [1.165, 1.54) is 19.3 Å². The summed E-state index contributed by atoms with van der Waals surface area (Å²) in [5, 5.41) is 3.59. The highest BCUT2D eigenvalue weighted by molar-refractivity contribution is 4.94. The zero-order valence-electron chi connectivity index (χ0n) is 12.9. The Morgan fingerprint density at radius 3 is 2.39 bits per heavy atom. The first kappa shape index (κ1) is 15.6. The molecule has 3 atom stereocenters. The number of terminal acetylenes is 1. The molecule has 0 spiro atoms. The lowest BCUT2D eigenvalue weighted by molar-refractivity contribution is 0.0985. The topological polar surface area (TPSA) is 12.0 Å². The molecule has 0 bridgehead atoms. The Bertz CT molecular complexity index is 279. The molecule has 1 rings (SSSR count). The maximum absolute atomic E-state index is 5.56. The molecule has 0 saturated heterocycles. The standard InChI is InChI=1S/C17H31N/c1-7-8-14-11-16(17(4,5)6)10-9-15(14)12-18-13(2)3/h1,13-16,18H,8-12H2,2-6H3. The van der Waals surface area contributed by atoms with Crippen LogP contribution in [0.2, 0.25) is 0 Å². The van der Waals surface area contributed by atoms with Crippen LogP contribution < -0.4 is 5.32 Å². The Morgan fingerprint density at radius 1 is 1.22 bits per heavy atom. The van der Waals surface area contributed by atoms with Crippen molar-refractivity contribution in [3.63, 3.8) is 0 Å². The monoisotopic (exact) mass is 249 g/mol. The van der Waals surface area contributed by atoms with Gasteiger partial charge in [0.2, 0.25) is 0 Å². The van der Waals surface area contributed by atoms with Crippen molar-refractivity contribution in [3.05, 3.63) is 0 Å². The molecular formula is C17H31N. The molecule has 0 aromatic heterocycles. The van der Waals surface area contributed by atoms with Gasteiger partial charge in [-0.2, -0.15) is 0 Å². The fraction of sp³-hybridized carbons (Fsp3) is 0.882. The van der Waals surface area contributed by atoms with E-state index in [0.717, 1.165) is 30.7 Å². The molecular weight excluding hydrogens is 218 g/mol. The second-order valence-electron chi connectivity index (χ2n) is 7.37. The van der Waals surface area contributed by atoms with Gasteiger partial charge in [-0.25, -0.2) is 0 Å². The first-order valence-corrected chi connectivity index (χ1v) is 7.51. The van der Waals surface area contributed by atoms with Gasteiger partial charge in [0.25, 0.3) is 0 Å². The summed E-state index contributed by atoms with van der Waals surface area (Å²) in [5.41, 5.74) is 0.434. The fourth-order valence-corrected chi connectivity index (χ4v) is 3.17. The van der Waals surface area contributed by atoms with Crippen LogP contribution in [-0.2, 0) is 0 Å². The van der Waals surface area contributed by atoms with Gasteiger partial charge in [-0.1, -0.05) is 34.6 Å². The van der Waals surface area contributed by atoms with E-state index >= 15 is 0 Å². The molecule has 0 aromatic rings. The van der Waals surface area contributed by atoms with Crippen LogP contribution in [0.25, 0.3) is 0 Å². The van der Waals surface area contributed by atoms with Gasteiger partial charge < -0.3 is 5.32 Å². The van der Waals surface area contributed by atoms with Gasteiger partial charge in [0.15, 0.2) is 0 Å². The molecule has 1 nitrogen and oxygen atoms in total. The van der Waals surface area contributed by atoms with Crippen LogP contribution in [-0.4, -0.2) is 12.6 Å². The molecule has 1 heteroatoms. The molecule has 104 valence electrons. The van der Waals surface area contributed by atoms with Crippen LogP contribution in [0, 0.1) is 35.5 Å². The number of hydrogen-bond acceptors (Lipinski definition) is 1. The van der Waals surface area contributed by atoms with E-state index < -0.39 is 0 Å². The highest BCUT2D eigenvalue weighted by Crippen LogP contribution is 2.43. The SMILES string of the molecule is C#CCC1CC(C(C)(C)C)CCC1CNC(C)C. The second-order valence-corrected chi connectivity index (χ2v) is 7.37. The maximum Gasteiger partial charge on any atom is 0.0118 e. The van der Waals surface area contributed by atoms with Gasteiger partial charge in [0.1, 0.15) is 0 Å². The summed E-state index contributed by atoms with van der Waals surface area (Å²) in [6.07, 6.45) is 10.5. The zero-order valence-corrected chi connectivity index (χ0v) is 12.9. The van der Waals surface area contributed by atoms with E-state index in [0.29, 0.717) is 11.5 Å². The third kappa shape index (κ3) is 4.65. The Kier molecular flexibility index (Phi) is 5.73. The molecule has 1 N–H and O–H groups in total. The van der Waals surface area contributed by atoms with E-state index in [4.69, 9.17) is 6.42 Å². The van der Waals surface area contributed by atoms with Crippen LogP contribution >= 0.6 is 0 Å². The second kappa shape index (κ2) is 6.62. The lowest BCUT2D eigenvalue weighted by Gasteiger charge is -2.41. The summed E-state index contributed by atoms with van der Waals surface area (Å²) in [5.74, 6) is 5.24. The molecule has 0 aliphatic heterocycles. The Hall–Kier alpha value is -0.480. The van der Waals surface area contributed by atoms with Crippen molar-refractivity contribution in [3.8, 4) is 12.3 Å². The number of hydrogen-bond donors (Lipinski definition) is 1. The number of nitrogens with one attached hydrogen (secondary N) is 1.